The van der Waals surface area contributed by atoms with E-state index >= 15 is 0 Å². The van der Waals surface area contributed by atoms with E-state index in [0.29, 0.717) is 22.0 Å². The molecule has 0 saturated heterocycles. The molecular weight excluding hydrogens is 286 g/mol. The fourth-order valence-electron chi connectivity index (χ4n) is 1.82. The highest BCUT2D eigenvalue weighted by atomic mass is 35.5. The molecule has 102 valence electrons. The van der Waals surface area contributed by atoms with Crippen LogP contribution in [0.2, 0.25) is 5.02 Å². The van der Waals surface area contributed by atoms with Gasteiger partial charge in [-0.2, -0.15) is 0 Å². The van der Waals surface area contributed by atoms with E-state index in [1.807, 2.05) is 0 Å². The average Bonchev–Trinajstić information content (AvgIpc) is 2.73. The number of hydrogen-bond acceptors (Lipinski definition) is 4. The molecule has 1 aromatic heterocycles. The van der Waals surface area contributed by atoms with E-state index in [-0.39, 0.29) is 5.75 Å². The molecule has 0 fully saturated rings. The highest BCUT2D eigenvalue weighted by molar-refractivity contribution is 7.90. The van der Waals surface area contributed by atoms with Crippen molar-refractivity contribution >= 4 is 21.4 Å². The molecule has 2 aromatic rings. The Morgan fingerprint density at radius 2 is 2.05 bits per heavy atom. The predicted molar refractivity (Wildman–Crippen MR) is 73.7 cm³/mol. The molecule has 1 atom stereocenters. The maximum absolute atomic E-state index is 12.3. The van der Waals surface area contributed by atoms with Gasteiger partial charge < -0.3 is 4.52 Å². The third kappa shape index (κ3) is 3.16. The molecule has 0 unspecified atom stereocenters. The van der Waals surface area contributed by atoms with Crippen LogP contribution in [0.1, 0.15) is 29.2 Å². The largest absolute Gasteiger partial charge is 0.361 e. The van der Waals surface area contributed by atoms with E-state index in [1.165, 1.54) is 0 Å². The van der Waals surface area contributed by atoms with Crippen molar-refractivity contribution in [2.75, 3.05) is 0 Å². The third-order valence-electron chi connectivity index (χ3n) is 2.91. The summed E-state index contributed by atoms with van der Waals surface area (Å²) in [5.41, 5.74) is 1.01. The number of aromatic nitrogens is 1. The minimum Gasteiger partial charge on any atom is -0.361 e. The fraction of sp³-hybridized carbons (Fsp3) is 0.308. The van der Waals surface area contributed by atoms with Crippen LogP contribution in [0.3, 0.4) is 0 Å². The molecular formula is C13H14ClNO3S. The Bertz CT molecular complexity index is 679. The molecule has 1 heterocycles. The summed E-state index contributed by atoms with van der Waals surface area (Å²) in [4.78, 5) is 0. The molecule has 2 rings (SSSR count). The molecule has 0 radical (unpaired) electrons. The van der Waals surface area contributed by atoms with Crippen LogP contribution in [0.15, 0.2) is 34.9 Å². The van der Waals surface area contributed by atoms with Crippen molar-refractivity contribution in [2.24, 2.45) is 0 Å². The Balaban J connectivity index is 2.27. The van der Waals surface area contributed by atoms with Gasteiger partial charge in [-0.1, -0.05) is 35.0 Å². The fourth-order valence-corrected chi connectivity index (χ4v) is 3.57. The Morgan fingerprint density at radius 1 is 1.37 bits per heavy atom. The van der Waals surface area contributed by atoms with Gasteiger partial charge in [0.2, 0.25) is 0 Å². The lowest BCUT2D eigenvalue weighted by atomic mass is 10.2. The standard InChI is InChI=1S/C13H14ClNO3S/c1-9-7-11(15-18-9)8-19(16,17)10(2)12-5-3-4-6-13(12)14/h3-7,10H,8H2,1-2H3/t10-/m1/s1. The van der Waals surface area contributed by atoms with E-state index in [9.17, 15) is 8.42 Å². The number of aryl methyl sites for hydroxylation is 1. The second-order valence-corrected chi connectivity index (χ2v) is 7.13. The first kappa shape index (κ1) is 14.1. The molecule has 0 aliphatic rings. The van der Waals surface area contributed by atoms with Gasteiger partial charge in [-0.15, -0.1) is 0 Å². The minimum atomic E-state index is -3.38. The Morgan fingerprint density at radius 3 is 2.63 bits per heavy atom. The lowest BCUT2D eigenvalue weighted by Crippen LogP contribution is -2.13. The lowest BCUT2D eigenvalue weighted by molar-refractivity contribution is 0.392. The maximum Gasteiger partial charge on any atom is 0.162 e. The molecule has 6 heteroatoms. The highest BCUT2D eigenvalue weighted by Gasteiger charge is 2.25. The SMILES string of the molecule is Cc1cc(CS(=O)(=O)[C@H](C)c2ccccc2Cl)no1. The zero-order valence-electron chi connectivity index (χ0n) is 10.6. The van der Waals surface area contributed by atoms with Gasteiger partial charge in [-0.25, -0.2) is 8.42 Å². The molecule has 4 nitrogen and oxygen atoms in total. The van der Waals surface area contributed by atoms with Crippen molar-refractivity contribution in [2.45, 2.75) is 24.9 Å². The van der Waals surface area contributed by atoms with Crippen LogP contribution >= 0.6 is 11.6 Å². The van der Waals surface area contributed by atoms with Gasteiger partial charge in [0.05, 0.1) is 16.7 Å². The summed E-state index contributed by atoms with van der Waals surface area (Å²) in [6.07, 6.45) is 0. The van der Waals surface area contributed by atoms with Crippen molar-refractivity contribution in [1.29, 1.82) is 0 Å². The number of sulfone groups is 1. The highest BCUT2D eigenvalue weighted by Crippen LogP contribution is 2.30. The minimum absolute atomic E-state index is 0.156. The normalized spacial score (nSPS) is 13.4. The summed E-state index contributed by atoms with van der Waals surface area (Å²) in [7, 11) is -3.38. The zero-order chi connectivity index (χ0) is 14.0. The average molecular weight is 300 g/mol. The predicted octanol–water partition coefficient (Wildman–Crippen LogP) is 3.31. The first-order valence-corrected chi connectivity index (χ1v) is 7.87. The first-order valence-electron chi connectivity index (χ1n) is 5.78. The molecule has 0 bridgehead atoms. The molecule has 0 saturated carbocycles. The quantitative estimate of drug-likeness (QED) is 0.869. The van der Waals surface area contributed by atoms with Gasteiger partial charge in [-0.05, 0) is 25.5 Å². The van der Waals surface area contributed by atoms with Crippen molar-refractivity contribution in [3.8, 4) is 0 Å². The summed E-state index contributed by atoms with van der Waals surface area (Å²) in [5.74, 6) is 0.437. The van der Waals surface area contributed by atoms with Crippen LogP contribution in [0.5, 0.6) is 0 Å². The molecule has 19 heavy (non-hydrogen) atoms. The summed E-state index contributed by atoms with van der Waals surface area (Å²) >= 11 is 6.03. The Labute approximate surface area is 117 Å². The monoisotopic (exact) mass is 299 g/mol. The van der Waals surface area contributed by atoms with Crippen LogP contribution in [0, 0.1) is 6.92 Å². The maximum atomic E-state index is 12.3. The molecule has 0 amide bonds. The van der Waals surface area contributed by atoms with E-state index in [4.69, 9.17) is 16.1 Å². The van der Waals surface area contributed by atoms with Gasteiger partial charge in [0, 0.05) is 11.1 Å². The summed E-state index contributed by atoms with van der Waals surface area (Å²) in [6.45, 7) is 3.35. The molecule has 0 aliphatic heterocycles. The Kier molecular flexibility index (Phi) is 3.96. The van der Waals surface area contributed by atoms with Crippen LogP contribution in [-0.2, 0) is 15.6 Å². The van der Waals surface area contributed by atoms with E-state index in [0.717, 1.165) is 0 Å². The number of rotatable bonds is 4. The second kappa shape index (κ2) is 5.35. The van der Waals surface area contributed by atoms with Crippen molar-refractivity contribution in [1.82, 2.24) is 5.16 Å². The first-order chi connectivity index (χ1) is 8.90. The topological polar surface area (TPSA) is 60.2 Å². The summed E-state index contributed by atoms with van der Waals surface area (Å²) in [5, 5.41) is 3.48. The molecule has 0 spiro atoms. The van der Waals surface area contributed by atoms with Crippen LogP contribution < -0.4 is 0 Å². The van der Waals surface area contributed by atoms with Gasteiger partial charge in [0.1, 0.15) is 5.76 Å². The van der Waals surface area contributed by atoms with Gasteiger partial charge in [0.25, 0.3) is 0 Å². The van der Waals surface area contributed by atoms with Crippen LogP contribution in [0.25, 0.3) is 0 Å². The molecule has 0 N–H and O–H groups in total. The van der Waals surface area contributed by atoms with Gasteiger partial charge >= 0.3 is 0 Å². The second-order valence-electron chi connectivity index (χ2n) is 4.40. The smallest absolute Gasteiger partial charge is 0.162 e. The van der Waals surface area contributed by atoms with E-state index < -0.39 is 15.1 Å². The Hall–Kier alpha value is -1.33. The van der Waals surface area contributed by atoms with E-state index in [2.05, 4.69) is 5.16 Å². The van der Waals surface area contributed by atoms with Crippen LogP contribution in [-0.4, -0.2) is 13.6 Å². The van der Waals surface area contributed by atoms with Crippen molar-refractivity contribution in [3.05, 3.63) is 52.4 Å². The molecule has 1 aromatic carbocycles. The number of benzene rings is 1. The number of hydrogen-bond donors (Lipinski definition) is 0. The summed E-state index contributed by atoms with van der Waals surface area (Å²) < 4.78 is 29.5. The lowest BCUT2D eigenvalue weighted by Gasteiger charge is -2.13. The number of nitrogens with zero attached hydrogens (tertiary/aromatic N) is 1. The summed E-state index contributed by atoms with van der Waals surface area (Å²) in [6, 6.07) is 8.57. The van der Waals surface area contributed by atoms with E-state index in [1.54, 1.807) is 44.2 Å². The number of halogens is 1. The van der Waals surface area contributed by atoms with Crippen molar-refractivity contribution < 1.29 is 12.9 Å². The third-order valence-corrected chi connectivity index (χ3v) is 5.28. The van der Waals surface area contributed by atoms with Gasteiger partial charge in [-0.3, -0.25) is 0 Å². The zero-order valence-corrected chi connectivity index (χ0v) is 12.2. The van der Waals surface area contributed by atoms with Crippen LogP contribution in [0.4, 0.5) is 0 Å². The van der Waals surface area contributed by atoms with Crippen molar-refractivity contribution in [3.63, 3.8) is 0 Å². The van der Waals surface area contributed by atoms with Gasteiger partial charge in [0.15, 0.2) is 9.84 Å². The molecule has 0 aliphatic carbocycles.